The molecule has 1 heterocycles. The van der Waals surface area contributed by atoms with E-state index in [-0.39, 0.29) is 5.82 Å². The van der Waals surface area contributed by atoms with Crippen molar-refractivity contribution in [3.63, 3.8) is 0 Å². The number of hydrogen-bond acceptors (Lipinski definition) is 5. The highest BCUT2D eigenvalue weighted by atomic mass is 19.1. The number of nitrogens with one attached hydrogen (secondary N) is 2. The van der Waals surface area contributed by atoms with Crippen molar-refractivity contribution >= 4 is 28.8 Å². The topological polar surface area (TPSA) is 53.1 Å². The number of nitrogens with zero attached hydrogens (tertiary/aromatic N) is 3. The zero-order valence-corrected chi connectivity index (χ0v) is 14.4. The molecule has 0 aliphatic heterocycles. The second-order valence-corrected chi connectivity index (χ2v) is 5.89. The van der Waals surface area contributed by atoms with Gasteiger partial charge in [-0.2, -0.15) is 4.98 Å². The molecule has 2 N–H and O–H groups in total. The van der Waals surface area contributed by atoms with Crippen molar-refractivity contribution in [1.29, 1.82) is 0 Å². The normalized spacial score (nSPS) is 10.4. The average Bonchev–Trinajstić information content (AvgIpc) is 2.57. The molecule has 3 aromatic rings. The van der Waals surface area contributed by atoms with E-state index < -0.39 is 0 Å². The molecule has 3 rings (SSSR count). The first-order valence-electron chi connectivity index (χ1n) is 7.93. The van der Waals surface area contributed by atoms with Gasteiger partial charge in [0.15, 0.2) is 0 Å². The van der Waals surface area contributed by atoms with Gasteiger partial charge in [-0.05, 0) is 43.3 Å². The highest BCUT2D eigenvalue weighted by molar-refractivity contribution is 5.62. The summed E-state index contributed by atoms with van der Waals surface area (Å²) in [6.45, 7) is 1.87. The molecule has 0 saturated carbocycles. The maximum Gasteiger partial charge on any atom is 0.229 e. The molecular weight excluding hydrogens is 317 g/mol. The number of aromatic nitrogens is 2. The van der Waals surface area contributed by atoms with Crippen molar-refractivity contribution in [2.75, 3.05) is 29.6 Å². The molecule has 1 aromatic heterocycles. The minimum absolute atomic E-state index is 0.326. The van der Waals surface area contributed by atoms with E-state index in [0.717, 1.165) is 17.1 Å². The number of hydrogen-bond donors (Lipinski definition) is 2. The third-order valence-corrected chi connectivity index (χ3v) is 3.63. The van der Waals surface area contributed by atoms with Crippen LogP contribution < -0.4 is 15.5 Å². The van der Waals surface area contributed by atoms with Crippen LogP contribution in [0.25, 0.3) is 0 Å². The van der Waals surface area contributed by atoms with Crippen molar-refractivity contribution in [2.24, 2.45) is 0 Å². The molecular formula is C19H20FN5. The fraction of sp³-hybridized carbons (Fsp3) is 0.158. The van der Waals surface area contributed by atoms with Crippen LogP contribution in [0.4, 0.5) is 33.2 Å². The van der Waals surface area contributed by atoms with Gasteiger partial charge in [0.2, 0.25) is 5.95 Å². The molecule has 25 heavy (non-hydrogen) atoms. The van der Waals surface area contributed by atoms with Crippen LogP contribution in [0.1, 0.15) is 5.69 Å². The van der Waals surface area contributed by atoms with Crippen molar-refractivity contribution in [1.82, 2.24) is 9.97 Å². The number of benzene rings is 2. The van der Waals surface area contributed by atoms with Crippen molar-refractivity contribution < 1.29 is 4.39 Å². The quantitative estimate of drug-likeness (QED) is 0.719. The van der Waals surface area contributed by atoms with Crippen LogP contribution in [0, 0.1) is 12.7 Å². The van der Waals surface area contributed by atoms with Crippen LogP contribution in [0.3, 0.4) is 0 Å². The molecule has 0 amide bonds. The lowest BCUT2D eigenvalue weighted by atomic mass is 10.2. The Bertz CT molecular complexity index is 862. The molecule has 0 fully saturated rings. The maximum absolute atomic E-state index is 13.8. The van der Waals surface area contributed by atoms with E-state index in [9.17, 15) is 4.39 Å². The third-order valence-electron chi connectivity index (χ3n) is 3.63. The van der Waals surface area contributed by atoms with Crippen LogP contribution in [-0.2, 0) is 0 Å². The molecule has 6 heteroatoms. The van der Waals surface area contributed by atoms with Crippen molar-refractivity contribution in [3.8, 4) is 0 Å². The van der Waals surface area contributed by atoms with Gasteiger partial charge in [-0.3, -0.25) is 0 Å². The van der Waals surface area contributed by atoms with E-state index in [0.29, 0.717) is 17.5 Å². The summed E-state index contributed by atoms with van der Waals surface area (Å²) in [5, 5.41) is 6.17. The van der Waals surface area contributed by atoms with Gasteiger partial charge < -0.3 is 15.5 Å². The number of halogens is 1. The first-order chi connectivity index (χ1) is 12.0. The van der Waals surface area contributed by atoms with Gasteiger partial charge in [-0.25, -0.2) is 9.37 Å². The SMILES string of the molecule is Cc1cc(Nc2ccccc2F)nc(Nc2ccc(N(C)C)cc2)n1. The second-order valence-electron chi connectivity index (χ2n) is 5.89. The highest BCUT2D eigenvalue weighted by Crippen LogP contribution is 2.22. The summed E-state index contributed by atoms with van der Waals surface area (Å²) in [5.74, 6) is 0.661. The Labute approximate surface area is 146 Å². The summed E-state index contributed by atoms with van der Waals surface area (Å²) >= 11 is 0. The molecule has 0 bridgehead atoms. The molecule has 0 unspecified atom stereocenters. The number of para-hydroxylation sites is 1. The van der Waals surface area contributed by atoms with Crippen LogP contribution in [0.2, 0.25) is 0 Å². The first kappa shape index (κ1) is 16.7. The van der Waals surface area contributed by atoms with Crippen LogP contribution in [0.5, 0.6) is 0 Å². The molecule has 2 aromatic carbocycles. The minimum Gasteiger partial charge on any atom is -0.378 e. The van der Waals surface area contributed by atoms with E-state index >= 15 is 0 Å². The Hall–Kier alpha value is -3.15. The van der Waals surface area contributed by atoms with Crippen molar-refractivity contribution in [2.45, 2.75) is 6.92 Å². The molecule has 0 spiro atoms. The fourth-order valence-corrected chi connectivity index (χ4v) is 2.36. The zero-order valence-electron chi connectivity index (χ0n) is 14.4. The molecule has 128 valence electrons. The molecule has 0 saturated heterocycles. The lowest BCUT2D eigenvalue weighted by molar-refractivity contribution is 0.632. The van der Waals surface area contributed by atoms with Gasteiger partial charge >= 0.3 is 0 Å². The number of rotatable bonds is 5. The first-order valence-corrected chi connectivity index (χ1v) is 7.93. The lowest BCUT2D eigenvalue weighted by Crippen LogP contribution is -2.08. The van der Waals surface area contributed by atoms with E-state index in [1.807, 2.05) is 50.2 Å². The molecule has 5 nitrogen and oxygen atoms in total. The van der Waals surface area contributed by atoms with Gasteiger partial charge in [0.1, 0.15) is 11.6 Å². The predicted molar refractivity (Wildman–Crippen MR) is 101 cm³/mol. The Balaban J connectivity index is 1.80. The summed E-state index contributed by atoms with van der Waals surface area (Å²) in [7, 11) is 3.99. The van der Waals surface area contributed by atoms with Crippen molar-refractivity contribution in [3.05, 3.63) is 66.1 Å². The van der Waals surface area contributed by atoms with Crippen LogP contribution in [-0.4, -0.2) is 24.1 Å². The monoisotopic (exact) mass is 337 g/mol. The second kappa shape index (κ2) is 7.17. The van der Waals surface area contributed by atoms with Gasteiger partial charge in [0.05, 0.1) is 5.69 Å². The van der Waals surface area contributed by atoms with E-state index in [4.69, 9.17) is 0 Å². The van der Waals surface area contributed by atoms with Gasteiger partial charge in [0, 0.05) is 37.2 Å². The summed E-state index contributed by atoms with van der Waals surface area (Å²) in [4.78, 5) is 10.8. The summed E-state index contributed by atoms with van der Waals surface area (Å²) in [6.07, 6.45) is 0. The molecule has 0 aliphatic rings. The highest BCUT2D eigenvalue weighted by Gasteiger charge is 2.06. The molecule has 0 aliphatic carbocycles. The Morgan fingerprint density at radius 1 is 0.920 bits per heavy atom. The molecule has 0 atom stereocenters. The maximum atomic E-state index is 13.8. The number of anilines is 5. The van der Waals surface area contributed by atoms with E-state index in [1.165, 1.54) is 6.07 Å². The summed E-state index contributed by atoms with van der Waals surface area (Å²) < 4.78 is 13.8. The number of aryl methyl sites for hydroxylation is 1. The lowest BCUT2D eigenvalue weighted by Gasteiger charge is -2.13. The van der Waals surface area contributed by atoms with Gasteiger partial charge in [-0.15, -0.1) is 0 Å². The summed E-state index contributed by atoms with van der Waals surface area (Å²) in [5.41, 5.74) is 3.15. The Morgan fingerprint density at radius 2 is 1.64 bits per heavy atom. The smallest absolute Gasteiger partial charge is 0.229 e. The standard InChI is InChI=1S/C19H20FN5/c1-13-12-18(23-17-7-5-4-6-16(17)20)24-19(21-13)22-14-8-10-15(11-9-14)25(2)3/h4-12H,1-3H3,(H2,21,22,23,24). The average molecular weight is 337 g/mol. The third kappa shape index (κ3) is 4.23. The molecule has 0 radical (unpaired) electrons. The Morgan fingerprint density at radius 3 is 2.32 bits per heavy atom. The van der Waals surface area contributed by atoms with Crippen LogP contribution in [0.15, 0.2) is 54.6 Å². The largest absolute Gasteiger partial charge is 0.378 e. The van der Waals surface area contributed by atoms with Gasteiger partial charge in [0.25, 0.3) is 0 Å². The Kier molecular flexibility index (Phi) is 4.79. The van der Waals surface area contributed by atoms with E-state index in [2.05, 4.69) is 20.6 Å². The fourth-order valence-electron chi connectivity index (χ4n) is 2.36. The minimum atomic E-state index is -0.326. The van der Waals surface area contributed by atoms with E-state index in [1.54, 1.807) is 24.3 Å². The van der Waals surface area contributed by atoms with Crippen LogP contribution >= 0.6 is 0 Å². The summed E-state index contributed by atoms with van der Waals surface area (Å²) in [6, 6.07) is 16.2. The predicted octanol–water partition coefficient (Wildman–Crippen LogP) is 4.48. The van der Waals surface area contributed by atoms with Gasteiger partial charge in [-0.1, -0.05) is 12.1 Å². The zero-order chi connectivity index (χ0) is 17.8.